The van der Waals surface area contributed by atoms with E-state index in [0.29, 0.717) is 0 Å². The Morgan fingerprint density at radius 1 is 1.25 bits per heavy atom. The number of primary amides is 2. The average molecular weight is 221 g/mol. The molecule has 0 aliphatic heterocycles. The van der Waals surface area contributed by atoms with Gasteiger partial charge in [-0.15, -0.1) is 0 Å². The quantitative estimate of drug-likeness (QED) is 0.735. The molecule has 0 radical (unpaired) electrons. The van der Waals surface area contributed by atoms with E-state index >= 15 is 0 Å². The smallest absolute Gasteiger partial charge is 0.253 e. The summed E-state index contributed by atoms with van der Waals surface area (Å²) in [6.45, 7) is 0. The van der Waals surface area contributed by atoms with E-state index < -0.39 is 11.8 Å². The van der Waals surface area contributed by atoms with Crippen molar-refractivity contribution in [1.29, 1.82) is 0 Å². The molecule has 0 bridgehead atoms. The number of rotatable bonds is 4. The Bertz CT molecular complexity index is 455. The van der Waals surface area contributed by atoms with E-state index in [1.807, 2.05) is 0 Å². The molecular formula is C10H11N3O3. The number of amides is 2. The van der Waals surface area contributed by atoms with E-state index in [1.165, 1.54) is 12.4 Å². The first-order chi connectivity index (χ1) is 7.59. The van der Waals surface area contributed by atoms with Crippen molar-refractivity contribution >= 4 is 11.8 Å². The maximum Gasteiger partial charge on any atom is 0.253 e. The van der Waals surface area contributed by atoms with E-state index in [4.69, 9.17) is 16.2 Å². The second kappa shape index (κ2) is 3.80. The van der Waals surface area contributed by atoms with Gasteiger partial charge in [0.25, 0.3) is 11.8 Å². The van der Waals surface area contributed by atoms with Gasteiger partial charge in [-0.2, -0.15) is 0 Å². The minimum absolute atomic E-state index is 0.00866. The molecule has 1 aliphatic rings. The lowest BCUT2D eigenvalue weighted by Crippen LogP contribution is -2.22. The molecule has 2 rings (SSSR count). The Balaban J connectivity index is 2.45. The fourth-order valence-corrected chi connectivity index (χ4v) is 1.34. The topological polar surface area (TPSA) is 108 Å². The fraction of sp³-hybridized carbons (Fsp3) is 0.300. The van der Waals surface area contributed by atoms with Gasteiger partial charge in [0.05, 0.1) is 23.4 Å². The van der Waals surface area contributed by atoms with Crippen LogP contribution < -0.4 is 16.2 Å². The Morgan fingerprint density at radius 3 is 2.44 bits per heavy atom. The summed E-state index contributed by atoms with van der Waals surface area (Å²) < 4.78 is 5.44. The highest BCUT2D eigenvalue weighted by atomic mass is 16.5. The highest BCUT2D eigenvalue weighted by Crippen LogP contribution is 2.29. The summed E-state index contributed by atoms with van der Waals surface area (Å²) in [6.07, 6.45) is 4.52. The molecule has 0 saturated heterocycles. The molecule has 1 fully saturated rings. The van der Waals surface area contributed by atoms with Crippen LogP contribution in [0, 0.1) is 0 Å². The minimum atomic E-state index is -0.748. The zero-order chi connectivity index (χ0) is 11.7. The van der Waals surface area contributed by atoms with Crippen molar-refractivity contribution in [2.45, 2.75) is 18.9 Å². The molecule has 16 heavy (non-hydrogen) atoms. The third kappa shape index (κ3) is 1.95. The fourth-order valence-electron chi connectivity index (χ4n) is 1.34. The van der Waals surface area contributed by atoms with Gasteiger partial charge in [0.2, 0.25) is 0 Å². The molecule has 1 aliphatic carbocycles. The van der Waals surface area contributed by atoms with E-state index in [0.717, 1.165) is 12.8 Å². The lowest BCUT2D eigenvalue weighted by molar-refractivity contribution is 0.0963. The summed E-state index contributed by atoms with van der Waals surface area (Å²) in [5, 5.41) is 0. The van der Waals surface area contributed by atoms with Gasteiger partial charge in [0.1, 0.15) is 0 Å². The Hall–Kier alpha value is -2.11. The van der Waals surface area contributed by atoms with Gasteiger partial charge >= 0.3 is 0 Å². The van der Waals surface area contributed by atoms with Gasteiger partial charge < -0.3 is 16.2 Å². The van der Waals surface area contributed by atoms with Gasteiger partial charge in [0, 0.05) is 6.20 Å². The molecule has 0 spiro atoms. The summed E-state index contributed by atoms with van der Waals surface area (Å²) in [4.78, 5) is 26.2. The third-order valence-corrected chi connectivity index (χ3v) is 2.24. The van der Waals surface area contributed by atoms with Gasteiger partial charge in [-0.05, 0) is 12.8 Å². The standard InChI is InChI=1S/C10H11N3O3/c11-9(14)6-3-13-4-7(8(6)10(12)15)16-5-1-2-5/h3-5H,1-2H2,(H2,11,14)(H2,12,15). The first-order valence-corrected chi connectivity index (χ1v) is 4.84. The van der Waals surface area contributed by atoms with Gasteiger partial charge in [0.15, 0.2) is 5.75 Å². The zero-order valence-electron chi connectivity index (χ0n) is 8.47. The monoisotopic (exact) mass is 221 g/mol. The predicted molar refractivity (Wildman–Crippen MR) is 54.9 cm³/mol. The van der Waals surface area contributed by atoms with Crippen LogP contribution in [0.4, 0.5) is 0 Å². The number of carbonyl (C=O) groups is 2. The lowest BCUT2D eigenvalue weighted by atomic mass is 10.1. The number of pyridine rings is 1. The van der Waals surface area contributed by atoms with Gasteiger partial charge in [-0.25, -0.2) is 0 Å². The number of hydrogen-bond acceptors (Lipinski definition) is 4. The van der Waals surface area contributed by atoms with Crippen LogP contribution in [0.3, 0.4) is 0 Å². The SMILES string of the molecule is NC(=O)c1cncc(OC2CC2)c1C(N)=O. The Morgan fingerprint density at radius 2 is 1.94 bits per heavy atom. The Labute approximate surface area is 91.6 Å². The van der Waals surface area contributed by atoms with Crippen LogP contribution in [-0.2, 0) is 0 Å². The van der Waals surface area contributed by atoms with Gasteiger partial charge in [-0.1, -0.05) is 0 Å². The van der Waals surface area contributed by atoms with E-state index in [9.17, 15) is 9.59 Å². The van der Waals surface area contributed by atoms with Crippen LogP contribution >= 0.6 is 0 Å². The molecule has 1 saturated carbocycles. The third-order valence-electron chi connectivity index (χ3n) is 2.24. The molecule has 0 aromatic carbocycles. The normalized spacial score (nSPS) is 14.5. The zero-order valence-corrected chi connectivity index (χ0v) is 8.47. The highest BCUT2D eigenvalue weighted by Gasteiger charge is 2.27. The summed E-state index contributed by atoms with van der Waals surface area (Å²) in [6, 6.07) is 0. The highest BCUT2D eigenvalue weighted by molar-refractivity contribution is 6.07. The van der Waals surface area contributed by atoms with Crippen molar-refractivity contribution in [3.05, 3.63) is 23.5 Å². The number of ether oxygens (including phenoxy) is 1. The summed E-state index contributed by atoms with van der Waals surface area (Å²) in [5.41, 5.74) is 10.3. The predicted octanol–water partition coefficient (Wildman–Crippen LogP) is -0.179. The van der Waals surface area contributed by atoms with Crippen molar-refractivity contribution in [2.24, 2.45) is 11.5 Å². The van der Waals surface area contributed by atoms with Crippen LogP contribution in [-0.4, -0.2) is 22.9 Å². The Kier molecular flexibility index (Phi) is 2.47. The summed E-state index contributed by atoms with van der Waals surface area (Å²) in [5.74, 6) is -1.26. The number of carbonyl (C=O) groups excluding carboxylic acids is 2. The molecule has 1 aromatic heterocycles. The summed E-state index contributed by atoms with van der Waals surface area (Å²) in [7, 11) is 0. The molecule has 6 heteroatoms. The van der Waals surface area contributed by atoms with E-state index in [1.54, 1.807) is 0 Å². The molecule has 2 amide bonds. The number of hydrogen-bond donors (Lipinski definition) is 2. The van der Waals surface area contributed by atoms with Crippen LogP contribution in [0.5, 0.6) is 5.75 Å². The van der Waals surface area contributed by atoms with Crippen LogP contribution in [0.1, 0.15) is 33.6 Å². The number of nitrogens with two attached hydrogens (primary N) is 2. The minimum Gasteiger partial charge on any atom is -0.488 e. The van der Waals surface area contributed by atoms with Crippen LogP contribution in [0.2, 0.25) is 0 Å². The van der Waals surface area contributed by atoms with Crippen molar-refractivity contribution in [3.8, 4) is 5.75 Å². The van der Waals surface area contributed by atoms with Crippen molar-refractivity contribution in [1.82, 2.24) is 4.98 Å². The van der Waals surface area contributed by atoms with Gasteiger partial charge in [-0.3, -0.25) is 14.6 Å². The van der Waals surface area contributed by atoms with Crippen LogP contribution in [0.15, 0.2) is 12.4 Å². The molecule has 0 unspecified atom stereocenters. The van der Waals surface area contributed by atoms with E-state index in [-0.39, 0.29) is 23.0 Å². The first kappa shape index (κ1) is 10.4. The second-order valence-electron chi connectivity index (χ2n) is 3.61. The molecule has 1 heterocycles. The molecular weight excluding hydrogens is 210 g/mol. The number of aromatic nitrogens is 1. The lowest BCUT2D eigenvalue weighted by Gasteiger charge is -2.10. The molecule has 0 atom stereocenters. The molecule has 1 aromatic rings. The largest absolute Gasteiger partial charge is 0.488 e. The average Bonchev–Trinajstić information content (AvgIpc) is 3.00. The van der Waals surface area contributed by atoms with Crippen molar-refractivity contribution in [3.63, 3.8) is 0 Å². The first-order valence-electron chi connectivity index (χ1n) is 4.84. The van der Waals surface area contributed by atoms with Crippen LogP contribution in [0.25, 0.3) is 0 Å². The number of nitrogens with zero attached hydrogens (tertiary/aromatic N) is 1. The second-order valence-corrected chi connectivity index (χ2v) is 3.61. The molecule has 84 valence electrons. The molecule has 6 nitrogen and oxygen atoms in total. The van der Waals surface area contributed by atoms with E-state index in [2.05, 4.69) is 4.98 Å². The van der Waals surface area contributed by atoms with Crippen molar-refractivity contribution < 1.29 is 14.3 Å². The maximum atomic E-state index is 11.3. The maximum absolute atomic E-state index is 11.3. The molecule has 4 N–H and O–H groups in total. The summed E-state index contributed by atoms with van der Waals surface area (Å²) >= 11 is 0. The van der Waals surface area contributed by atoms with Crippen molar-refractivity contribution in [2.75, 3.05) is 0 Å².